The fourth-order valence-electron chi connectivity index (χ4n) is 1.35. The van der Waals surface area contributed by atoms with Gasteiger partial charge in [0.1, 0.15) is 0 Å². The van der Waals surface area contributed by atoms with Crippen LogP contribution in [-0.2, 0) is 4.79 Å². The second kappa shape index (κ2) is 7.37. The van der Waals surface area contributed by atoms with Gasteiger partial charge in [-0.3, -0.25) is 4.79 Å². The third-order valence-corrected chi connectivity index (χ3v) is 3.40. The van der Waals surface area contributed by atoms with Crippen LogP contribution < -0.4 is 11.1 Å². The first-order valence-electron chi connectivity index (χ1n) is 5.54. The molecule has 19 heavy (non-hydrogen) atoms. The smallest absolute Gasteiger partial charge is 0.335 e. The van der Waals surface area contributed by atoms with Gasteiger partial charge in [0.25, 0.3) is 0 Å². The summed E-state index contributed by atoms with van der Waals surface area (Å²) in [6.07, 6.45) is 2.50. The van der Waals surface area contributed by atoms with E-state index in [1.165, 1.54) is 18.2 Å². The summed E-state index contributed by atoms with van der Waals surface area (Å²) in [5.74, 6) is -0.615. The molecule has 1 rings (SSSR count). The van der Waals surface area contributed by atoms with Crippen LogP contribution in [0, 0.1) is 0 Å². The van der Waals surface area contributed by atoms with Crippen molar-refractivity contribution in [2.24, 2.45) is 5.73 Å². The number of anilines is 1. The zero-order chi connectivity index (χ0) is 14.4. The third-order valence-electron chi connectivity index (χ3n) is 2.44. The number of carboxylic acids is 1. The highest BCUT2D eigenvalue weighted by Crippen LogP contribution is 2.23. The van der Waals surface area contributed by atoms with E-state index in [0.29, 0.717) is 12.1 Å². The highest BCUT2D eigenvalue weighted by molar-refractivity contribution is 7.98. The monoisotopic (exact) mass is 302 g/mol. The number of hydrogen-bond acceptors (Lipinski definition) is 4. The zero-order valence-corrected chi connectivity index (χ0v) is 11.9. The summed E-state index contributed by atoms with van der Waals surface area (Å²) < 4.78 is 0. The lowest BCUT2D eigenvalue weighted by Crippen LogP contribution is -2.36. The number of amides is 1. The summed E-state index contributed by atoms with van der Waals surface area (Å²) in [5, 5.41) is 11.6. The summed E-state index contributed by atoms with van der Waals surface area (Å²) in [6.45, 7) is 0. The van der Waals surface area contributed by atoms with Crippen molar-refractivity contribution in [1.29, 1.82) is 0 Å². The van der Waals surface area contributed by atoms with Gasteiger partial charge in [-0.15, -0.1) is 0 Å². The number of carboxylic acid groups (broad SMARTS) is 1. The molecule has 104 valence electrons. The Balaban J connectivity index is 2.72. The maximum Gasteiger partial charge on any atom is 0.335 e. The highest BCUT2D eigenvalue weighted by Gasteiger charge is 2.15. The summed E-state index contributed by atoms with van der Waals surface area (Å²) >= 11 is 7.51. The van der Waals surface area contributed by atoms with Gasteiger partial charge in [0, 0.05) is 0 Å². The highest BCUT2D eigenvalue weighted by atomic mass is 35.5. The number of rotatable bonds is 6. The van der Waals surface area contributed by atoms with Crippen molar-refractivity contribution in [2.45, 2.75) is 12.5 Å². The summed E-state index contributed by atoms with van der Waals surface area (Å²) in [4.78, 5) is 22.5. The van der Waals surface area contributed by atoms with E-state index in [0.717, 1.165) is 5.75 Å². The Morgan fingerprint density at radius 3 is 2.74 bits per heavy atom. The van der Waals surface area contributed by atoms with Gasteiger partial charge in [-0.05, 0) is 36.6 Å². The summed E-state index contributed by atoms with van der Waals surface area (Å²) in [6, 6.07) is 3.50. The molecule has 0 spiro atoms. The lowest BCUT2D eigenvalue weighted by Gasteiger charge is -2.12. The first kappa shape index (κ1) is 15.8. The molecule has 4 N–H and O–H groups in total. The zero-order valence-electron chi connectivity index (χ0n) is 10.4. The molecule has 1 aromatic carbocycles. The van der Waals surface area contributed by atoms with Gasteiger partial charge in [-0.25, -0.2) is 4.79 Å². The summed E-state index contributed by atoms with van der Waals surface area (Å²) in [7, 11) is 0. The van der Waals surface area contributed by atoms with Crippen molar-refractivity contribution in [3.63, 3.8) is 0 Å². The average Bonchev–Trinajstić information content (AvgIpc) is 2.37. The fourth-order valence-corrected chi connectivity index (χ4v) is 2.07. The number of aromatic carboxylic acids is 1. The lowest BCUT2D eigenvalue weighted by molar-refractivity contribution is -0.117. The quantitative estimate of drug-likeness (QED) is 0.748. The Labute approximate surface area is 120 Å². The Kier molecular flexibility index (Phi) is 6.14. The molecular formula is C12H15ClN2O3S. The minimum Gasteiger partial charge on any atom is -0.478 e. The molecular weight excluding hydrogens is 288 g/mol. The molecule has 0 aliphatic carbocycles. The van der Waals surface area contributed by atoms with Crippen LogP contribution in [0.3, 0.4) is 0 Å². The SMILES string of the molecule is CSCC[C@@H](N)C(=O)Nc1ccc(C(=O)O)cc1Cl. The van der Waals surface area contributed by atoms with E-state index in [1.54, 1.807) is 11.8 Å². The van der Waals surface area contributed by atoms with E-state index in [4.69, 9.17) is 22.4 Å². The average molecular weight is 303 g/mol. The second-order valence-electron chi connectivity index (χ2n) is 3.88. The van der Waals surface area contributed by atoms with Crippen molar-refractivity contribution in [3.8, 4) is 0 Å². The number of thioether (sulfide) groups is 1. The van der Waals surface area contributed by atoms with Gasteiger partial charge in [-0.1, -0.05) is 11.6 Å². The first-order valence-corrected chi connectivity index (χ1v) is 7.31. The number of hydrogen-bond donors (Lipinski definition) is 3. The van der Waals surface area contributed by atoms with E-state index < -0.39 is 12.0 Å². The molecule has 0 unspecified atom stereocenters. The van der Waals surface area contributed by atoms with Crippen LogP contribution in [-0.4, -0.2) is 35.0 Å². The normalized spacial score (nSPS) is 11.9. The molecule has 5 nitrogen and oxygen atoms in total. The molecule has 0 radical (unpaired) electrons. The molecule has 7 heteroatoms. The van der Waals surface area contributed by atoms with E-state index >= 15 is 0 Å². The van der Waals surface area contributed by atoms with Gasteiger partial charge < -0.3 is 16.2 Å². The van der Waals surface area contributed by atoms with Crippen LogP contribution in [0.4, 0.5) is 5.69 Å². The van der Waals surface area contributed by atoms with Crippen LogP contribution in [0.15, 0.2) is 18.2 Å². The van der Waals surface area contributed by atoms with Crippen LogP contribution >= 0.6 is 23.4 Å². The van der Waals surface area contributed by atoms with Gasteiger partial charge in [0.05, 0.1) is 22.3 Å². The van der Waals surface area contributed by atoms with Crippen molar-refractivity contribution < 1.29 is 14.7 Å². The van der Waals surface area contributed by atoms with Crippen LogP contribution in [0.5, 0.6) is 0 Å². The molecule has 0 aliphatic heterocycles. The number of halogens is 1. The van der Waals surface area contributed by atoms with Crippen LogP contribution in [0.25, 0.3) is 0 Å². The van der Waals surface area contributed by atoms with Gasteiger partial charge in [-0.2, -0.15) is 11.8 Å². The first-order chi connectivity index (χ1) is 8.95. The number of benzene rings is 1. The largest absolute Gasteiger partial charge is 0.478 e. The maximum absolute atomic E-state index is 11.8. The standard InChI is InChI=1S/C12H15ClN2O3S/c1-19-5-4-9(14)11(16)15-10-3-2-7(12(17)18)6-8(10)13/h2-3,6,9H,4-5,14H2,1H3,(H,15,16)(H,17,18)/t9-/m1/s1. The lowest BCUT2D eigenvalue weighted by atomic mass is 10.2. The Morgan fingerprint density at radius 2 is 2.21 bits per heavy atom. The van der Waals surface area contributed by atoms with Gasteiger partial charge in [0.2, 0.25) is 5.91 Å². The number of nitrogens with two attached hydrogens (primary N) is 1. The Bertz CT molecular complexity index is 482. The molecule has 1 atom stereocenters. The molecule has 0 saturated carbocycles. The van der Waals surface area contributed by atoms with Crippen LogP contribution in [0.2, 0.25) is 5.02 Å². The molecule has 0 aromatic heterocycles. The number of carbonyl (C=O) groups excluding carboxylic acids is 1. The summed E-state index contributed by atoms with van der Waals surface area (Å²) in [5.41, 5.74) is 6.14. The predicted octanol–water partition coefficient (Wildman–Crippen LogP) is 2.06. The van der Waals surface area contributed by atoms with E-state index in [-0.39, 0.29) is 16.5 Å². The van der Waals surface area contributed by atoms with Crippen molar-refractivity contribution >= 4 is 40.9 Å². The molecule has 0 fully saturated rings. The number of carbonyl (C=O) groups is 2. The van der Waals surface area contributed by atoms with E-state index in [9.17, 15) is 9.59 Å². The minimum absolute atomic E-state index is 0.0645. The van der Waals surface area contributed by atoms with E-state index in [1.807, 2.05) is 6.26 Å². The van der Waals surface area contributed by atoms with Crippen molar-refractivity contribution in [3.05, 3.63) is 28.8 Å². The Morgan fingerprint density at radius 1 is 1.53 bits per heavy atom. The molecule has 0 saturated heterocycles. The predicted molar refractivity (Wildman–Crippen MR) is 78.0 cm³/mol. The third kappa shape index (κ3) is 4.74. The minimum atomic E-state index is -1.07. The molecule has 1 amide bonds. The Hall–Kier alpha value is -1.24. The van der Waals surface area contributed by atoms with E-state index in [2.05, 4.69) is 5.32 Å². The number of nitrogens with one attached hydrogen (secondary N) is 1. The molecule has 0 bridgehead atoms. The fraction of sp³-hybridized carbons (Fsp3) is 0.333. The molecule has 0 heterocycles. The van der Waals surface area contributed by atoms with Crippen LogP contribution in [0.1, 0.15) is 16.8 Å². The second-order valence-corrected chi connectivity index (χ2v) is 5.27. The van der Waals surface area contributed by atoms with Gasteiger partial charge in [0.15, 0.2) is 0 Å². The molecule has 1 aromatic rings. The van der Waals surface area contributed by atoms with Gasteiger partial charge >= 0.3 is 5.97 Å². The van der Waals surface area contributed by atoms with Crippen molar-refractivity contribution in [1.82, 2.24) is 0 Å². The van der Waals surface area contributed by atoms with Crippen molar-refractivity contribution in [2.75, 3.05) is 17.3 Å². The topological polar surface area (TPSA) is 92.4 Å². The molecule has 0 aliphatic rings. The maximum atomic E-state index is 11.8.